The third kappa shape index (κ3) is 7.73. The number of furan rings is 1. The molecule has 3 rings (SSSR count). The quantitative estimate of drug-likeness (QED) is 0.392. The summed E-state index contributed by atoms with van der Waals surface area (Å²) in [5, 5.41) is 1.17. The molecule has 3 aromatic rings. The van der Waals surface area contributed by atoms with Crippen molar-refractivity contribution in [2.45, 2.75) is 26.3 Å². The van der Waals surface area contributed by atoms with E-state index in [0.29, 0.717) is 31.7 Å². The summed E-state index contributed by atoms with van der Waals surface area (Å²) in [5.74, 6) is 0.401. The van der Waals surface area contributed by atoms with Crippen molar-refractivity contribution < 1.29 is 17.6 Å². The molecule has 2 aromatic carbocycles. The van der Waals surface area contributed by atoms with E-state index in [1.807, 2.05) is 73.7 Å². The van der Waals surface area contributed by atoms with Gasteiger partial charge in [0.2, 0.25) is 15.9 Å². The van der Waals surface area contributed by atoms with E-state index < -0.39 is 10.0 Å². The number of amides is 1. The Morgan fingerprint density at radius 3 is 2.27 bits per heavy atom. The molecule has 0 aliphatic rings. The maximum atomic E-state index is 13.3. The molecule has 1 aromatic heterocycles. The standard InChI is InChI=1S/C26H30N2O4S/c1-2-17-28(33(30,31)20-16-24-12-7-4-8-13-24)22-26(29)27(21-25-14-9-19-32-25)18-15-23-10-5-3-6-11-23/h3-14,16,19-20H,2,15,17-18,21-22H2,1H3. The summed E-state index contributed by atoms with van der Waals surface area (Å²) in [6.45, 7) is 2.69. The zero-order chi connectivity index (χ0) is 23.5. The smallest absolute Gasteiger partial charge is 0.238 e. The van der Waals surface area contributed by atoms with Gasteiger partial charge < -0.3 is 9.32 Å². The predicted molar refractivity (Wildman–Crippen MR) is 131 cm³/mol. The molecule has 33 heavy (non-hydrogen) atoms. The van der Waals surface area contributed by atoms with E-state index in [0.717, 1.165) is 11.1 Å². The topological polar surface area (TPSA) is 70.8 Å². The first-order valence-electron chi connectivity index (χ1n) is 11.1. The summed E-state index contributed by atoms with van der Waals surface area (Å²) >= 11 is 0. The van der Waals surface area contributed by atoms with Gasteiger partial charge >= 0.3 is 0 Å². The number of hydrogen-bond donors (Lipinski definition) is 0. The van der Waals surface area contributed by atoms with Gasteiger partial charge in [-0.05, 0) is 42.2 Å². The molecule has 0 aliphatic heterocycles. The fourth-order valence-electron chi connectivity index (χ4n) is 3.40. The molecule has 0 saturated heterocycles. The molecule has 0 spiro atoms. The van der Waals surface area contributed by atoms with E-state index in [4.69, 9.17) is 4.42 Å². The van der Waals surface area contributed by atoms with Crippen LogP contribution in [0, 0.1) is 0 Å². The van der Waals surface area contributed by atoms with Gasteiger partial charge in [-0.15, -0.1) is 0 Å². The van der Waals surface area contributed by atoms with Crippen molar-refractivity contribution in [1.82, 2.24) is 9.21 Å². The van der Waals surface area contributed by atoms with Gasteiger partial charge in [-0.25, -0.2) is 8.42 Å². The molecule has 0 fully saturated rings. The average molecular weight is 467 g/mol. The van der Waals surface area contributed by atoms with Crippen LogP contribution in [0.3, 0.4) is 0 Å². The largest absolute Gasteiger partial charge is 0.467 e. The second-order valence-electron chi connectivity index (χ2n) is 7.72. The molecule has 7 heteroatoms. The summed E-state index contributed by atoms with van der Waals surface area (Å²) < 4.78 is 32.7. The Kier molecular flexibility index (Phi) is 9.04. The van der Waals surface area contributed by atoms with Gasteiger partial charge in [0.15, 0.2) is 0 Å². The highest BCUT2D eigenvalue weighted by Crippen LogP contribution is 2.13. The molecule has 6 nitrogen and oxygen atoms in total. The van der Waals surface area contributed by atoms with Crippen LogP contribution in [0.15, 0.2) is 88.9 Å². The molecule has 0 saturated carbocycles. The fourth-order valence-corrected chi connectivity index (χ4v) is 4.63. The first kappa shape index (κ1) is 24.5. The Bertz CT molecular complexity index is 1110. The Morgan fingerprint density at radius 2 is 1.64 bits per heavy atom. The van der Waals surface area contributed by atoms with Crippen molar-refractivity contribution in [3.63, 3.8) is 0 Å². The van der Waals surface area contributed by atoms with E-state index >= 15 is 0 Å². The zero-order valence-electron chi connectivity index (χ0n) is 18.8. The van der Waals surface area contributed by atoms with Crippen molar-refractivity contribution in [1.29, 1.82) is 0 Å². The summed E-state index contributed by atoms with van der Waals surface area (Å²) in [4.78, 5) is 14.9. The van der Waals surface area contributed by atoms with Gasteiger partial charge in [0.25, 0.3) is 0 Å². The number of carbonyl (C=O) groups excluding carboxylic acids is 1. The van der Waals surface area contributed by atoms with Gasteiger partial charge in [-0.3, -0.25) is 4.79 Å². The van der Waals surface area contributed by atoms with Crippen molar-refractivity contribution in [3.05, 3.63) is 101 Å². The van der Waals surface area contributed by atoms with Crippen LogP contribution in [0.1, 0.15) is 30.2 Å². The van der Waals surface area contributed by atoms with Crippen molar-refractivity contribution in [2.24, 2.45) is 0 Å². The number of hydrogen-bond acceptors (Lipinski definition) is 4. The Balaban J connectivity index is 1.73. The zero-order valence-corrected chi connectivity index (χ0v) is 19.7. The van der Waals surface area contributed by atoms with Crippen LogP contribution in [0.2, 0.25) is 0 Å². The lowest BCUT2D eigenvalue weighted by Gasteiger charge is -2.26. The van der Waals surface area contributed by atoms with Crippen molar-refractivity contribution >= 4 is 22.0 Å². The van der Waals surface area contributed by atoms with Crippen LogP contribution in [0.5, 0.6) is 0 Å². The molecule has 0 bridgehead atoms. The number of nitrogens with zero attached hydrogens (tertiary/aromatic N) is 2. The van der Waals surface area contributed by atoms with Gasteiger partial charge in [-0.2, -0.15) is 4.31 Å². The number of sulfonamides is 1. The molecular weight excluding hydrogens is 436 g/mol. The second-order valence-corrected chi connectivity index (χ2v) is 9.54. The van der Waals surface area contributed by atoms with Gasteiger partial charge in [0.05, 0.1) is 19.4 Å². The highest BCUT2D eigenvalue weighted by atomic mass is 32.2. The van der Waals surface area contributed by atoms with Crippen molar-refractivity contribution in [3.8, 4) is 0 Å². The third-order valence-corrected chi connectivity index (χ3v) is 6.68. The molecule has 0 N–H and O–H groups in total. The Hall–Kier alpha value is -3.16. The first-order chi connectivity index (χ1) is 16.0. The van der Waals surface area contributed by atoms with Gasteiger partial charge in [-0.1, -0.05) is 67.6 Å². The normalized spacial score (nSPS) is 11.8. The maximum Gasteiger partial charge on any atom is 0.238 e. The maximum absolute atomic E-state index is 13.3. The molecule has 0 radical (unpaired) electrons. The number of benzene rings is 2. The van der Waals surface area contributed by atoms with E-state index in [-0.39, 0.29) is 19.0 Å². The highest BCUT2D eigenvalue weighted by Gasteiger charge is 2.25. The van der Waals surface area contributed by atoms with Crippen molar-refractivity contribution in [2.75, 3.05) is 19.6 Å². The van der Waals surface area contributed by atoms with Crippen LogP contribution < -0.4 is 0 Å². The molecule has 0 unspecified atom stereocenters. The minimum absolute atomic E-state index is 0.217. The first-order valence-corrected chi connectivity index (χ1v) is 12.6. The SMILES string of the molecule is CCCN(CC(=O)N(CCc1ccccc1)Cc1ccco1)S(=O)(=O)C=Cc1ccccc1. The lowest BCUT2D eigenvalue weighted by molar-refractivity contribution is -0.132. The van der Waals surface area contributed by atoms with Gasteiger partial charge in [0.1, 0.15) is 5.76 Å². The molecule has 1 heterocycles. The second kappa shape index (κ2) is 12.2. The fraction of sp³-hybridized carbons (Fsp3) is 0.269. The average Bonchev–Trinajstić information content (AvgIpc) is 3.35. The van der Waals surface area contributed by atoms with E-state index in [9.17, 15) is 13.2 Å². The third-order valence-electron chi connectivity index (χ3n) is 5.17. The molecule has 174 valence electrons. The van der Waals surface area contributed by atoms with E-state index in [1.54, 1.807) is 23.3 Å². The minimum atomic E-state index is -3.76. The monoisotopic (exact) mass is 466 g/mol. The lowest BCUT2D eigenvalue weighted by atomic mass is 10.1. The molecular formula is C26H30N2O4S. The highest BCUT2D eigenvalue weighted by molar-refractivity contribution is 7.92. The molecule has 1 amide bonds. The van der Waals surface area contributed by atoms with Crippen LogP contribution in [0.25, 0.3) is 6.08 Å². The predicted octanol–water partition coefficient (Wildman–Crippen LogP) is 4.56. The lowest BCUT2D eigenvalue weighted by Crippen LogP contribution is -2.43. The summed E-state index contributed by atoms with van der Waals surface area (Å²) in [6.07, 6.45) is 4.39. The minimum Gasteiger partial charge on any atom is -0.467 e. The number of rotatable bonds is 12. The van der Waals surface area contributed by atoms with Crippen LogP contribution in [0.4, 0.5) is 0 Å². The Labute approximate surface area is 196 Å². The van der Waals surface area contributed by atoms with Gasteiger partial charge in [0, 0.05) is 18.5 Å². The number of carbonyl (C=O) groups is 1. The molecule has 0 atom stereocenters. The summed E-state index contributed by atoms with van der Waals surface area (Å²) in [5.41, 5.74) is 1.89. The summed E-state index contributed by atoms with van der Waals surface area (Å²) in [7, 11) is -3.76. The van der Waals surface area contributed by atoms with E-state index in [2.05, 4.69) is 0 Å². The van der Waals surface area contributed by atoms with E-state index in [1.165, 1.54) is 9.71 Å². The molecule has 0 aliphatic carbocycles. The van der Waals surface area contributed by atoms with Crippen LogP contribution in [-0.4, -0.2) is 43.2 Å². The summed E-state index contributed by atoms with van der Waals surface area (Å²) in [6, 6.07) is 22.7. The van der Waals surface area contributed by atoms with Crippen LogP contribution >= 0.6 is 0 Å². The van der Waals surface area contributed by atoms with Crippen LogP contribution in [-0.2, 0) is 27.8 Å². The Morgan fingerprint density at radius 1 is 0.939 bits per heavy atom.